The standard InChI is InChI=1S/C15H15BrN4O/c1-9-6-11(16)2-5-13(9)20-15-17-7-10(8-18-15)14(21)19-12-3-4-12/h2,5-8,12H,3-4H2,1H3,(H,19,21)(H,17,18,20). The van der Waals surface area contributed by atoms with Gasteiger partial charge in [0.05, 0.1) is 5.56 Å². The van der Waals surface area contributed by atoms with Crippen LogP contribution < -0.4 is 10.6 Å². The monoisotopic (exact) mass is 346 g/mol. The maximum absolute atomic E-state index is 11.8. The van der Waals surface area contributed by atoms with E-state index in [-0.39, 0.29) is 5.91 Å². The Kier molecular flexibility index (Phi) is 3.88. The first kappa shape index (κ1) is 14.0. The lowest BCUT2D eigenvalue weighted by Crippen LogP contribution is -2.25. The average molecular weight is 347 g/mol. The number of carbonyl (C=O) groups excluding carboxylic acids is 1. The summed E-state index contributed by atoms with van der Waals surface area (Å²) in [6.07, 6.45) is 5.21. The highest BCUT2D eigenvalue weighted by atomic mass is 79.9. The van der Waals surface area contributed by atoms with Crippen molar-refractivity contribution in [3.63, 3.8) is 0 Å². The van der Waals surface area contributed by atoms with E-state index in [0.717, 1.165) is 28.6 Å². The molecule has 1 saturated carbocycles. The first-order valence-corrected chi connectivity index (χ1v) is 7.57. The number of rotatable bonds is 4. The van der Waals surface area contributed by atoms with Gasteiger partial charge in [-0.15, -0.1) is 0 Å². The van der Waals surface area contributed by atoms with E-state index in [4.69, 9.17) is 0 Å². The van der Waals surface area contributed by atoms with E-state index < -0.39 is 0 Å². The molecular formula is C15H15BrN4O. The molecular weight excluding hydrogens is 332 g/mol. The number of carbonyl (C=O) groups is 1. The Balaban J connectivity index is 1.70. The van der Waals surface area contributed by atoms with Gasteiger partial charge in [0.15, 0.2) is 0 Å². The molecule has 2 aromatic rings. The van der Waals surface area contributed by atoms with Gasteiger partial charge in [0.2, 0.25) is 5.95 Å². The minimum Gasteiger partial charge on any atom is -0.349 e. The van der Waals surface area contributed by atoms with E-state index in [0.29, 0.717) is 17.6 Å². The minimum atomic E-state index is -0.108. The van der Waals surface area contributed by atoms with Gasteiger partial charge in [0, 0.05) is 28.6 Å². The predicted octanol–water partition coefficient (Wildman–Crippen LogP) is 3.18. The number of aryl methyl sites for hydroxylation is 1. The molecule has 0 saturated heterocycles. The summed E-state index contributed by atoms with van der Waals surface area (Å²) < 4.78 is 1.03. The van der Waals surface area contributed by atoms with Crippen LogP contribution in [0.3, 0.4) is 0 Å². The molecule has 0 unspecified atom stereocenters. The van der Waals surface area contributed by atoms with Crippen molar-refractivity contribution < 1.29 is 4.79 Å². The summed E-state index contributed by atoms with van der Waals surface area (Å²) in [5, 5.41) is 6.05. The number of amides is 1. The summed E-state index contributed by atoms with van der Waals surface area (Å²) in [6, 6.07) is 6.25. The maximum atomic E-state index is 11.8. The number of aromatic nitrogens is 2. The van der Waals surface area contributed by atoms with Crippen LogP contribution in [0.5, 0.6) is 0 Å². The molecule has 21 heavy (non-hydrogen) atoms. The van der Waals surface area contributed by atoms with Crippen molar-refractivity contribution >= 4 is 33.5 Å². The maximum Gasteiger partial charge on any atom is 0.254 e. The van der Waals surface area contributed by atoms with Gasteiger partial charge < -0.3 is 10.6 Å². The van der Waals surface area contributed by atoms with Gasteiger partial charge in [0.25, 0.3) is 5.91 Å². The molecule has 1 aromatic heterocycles. The fraction of sp³-hybridized carbons (Fsp3) is 0.267. The summed E-state index contributed by atoms with van der Waals surface area (Å²) in [7, 11) is 0. The van der Waals surface area contributed by atoms with Crippen LogP contribution in [-0.2, 0) is 0 Å². The third-order valence-electron chi connectivity index (χ3n) is 3.26. The first-order valence-electron chi connectivity index (χ1n) is 6.78. The van der Waals surface area contributed by atoms with Crippen LogP contribution in [0.1, 0.15) is 28.8 Å². The molecule has 2 N–H and O–H groups in total. The molecule has 0 spiro atoms. The number of hydrogen-bond acceptors (Lipinski definition) is 4. The van der Waals surface area contributed by atoms with Crippen LogP contribution in [0.15, 0.2) is 35.1 Å². The third-order valence-corrected chi connectivity index (χ3v) is 3.75. The van der Waals surface area contributed by atoms with E-state index in [2.05, 4.69) is 36.5 Å². The smallest absolute Gasteiger partial charge is 0.254 e. The van der Waals surface area contributed by atoms with E-state index in [1.54, 1.807) is 12.4 Å². The molecule has 1 aromatic carbocycles. The number of nitrogens with one attached hydrogen (secondary N) is 2. The van der Waals surface area contributed by atoms with Crippen molar-refractivity contribution in [3.05, 3.63) is 46.2 Å². The Hall–Kier alpha value is -1.95. The van der Waals surface area contributed by atoms with Crippen molar-refractivity contribution in [2.75, 3.05) is 5.32 Å². The Morgan fingerprint density at radius 2 is 2.00 bits per heavy atom. The van der Waals surface area contributed by atoms with Gasteiger partial charge in [-0.3, -0.25) is 4.79 Å². The SMILES string of the molecule is Cc1cc(Br)ccc1Nc1ncc(C(=O)NC2CC2)cn1. The molecule has 0 atom stereocenters. The van der Waals surface area contributed by atoms with E-state index in [9.17, 15) is 4.79 Å². The lowest BCUT2D eigenvalue weighted by atomic mass is 10.2. The molecule has 1 fully saturated rings. The van der Waals surface area contributed by atoms with E-state index in [1.807, 2.05) is 25.1 Å². The highest BCUT2D eigenvalue weighted by Gasteiger charge is 2.23. The van der Waals surface area contributed by atoms with Crippen LogP contribution in [0.4, 0.5) is 11.6 Å². The molecule has 1 aliphatic rings. The molecule has 5 nitrogen and oxygen atoms in total. The topological polar surface area (TPSA) is 66.9 Å². The van der Waals surface area contributed by atoms with Crippen molar-refractivity contribution in [3.8, 4) is 0 Å². The largest absolute Gasteiger partial charge is 0.349 e. The van der Waals surface area contributed by atoms with Gasteiger partial charge in [-0.25, -0.2) is 9.97 Å². The zero-order valence-corrected chi connectivity index (χ0v) is 13.1. The molecule has 108 valence electrons. The summed E-state index contributed by atoms with van der Waals surface area (Å²) in [5.74, 6) is 0.368. The zero-order valence-electron chi connectivity index (χ0n) is 11.6. The second-order valence-corrected chi connectivity index (χ2v) is 6.04. The molecule has 1 aliphatic carbocycles. The van der Waals surface area contributed by atoms with Gasteiger partial charge in [-0.05, 0) is 43.5 Å². The highest BCUT2D eigenvalue weighted by molar-refractivity contribution is 9.10. The Morgan fingerprint density at radius 1 is 1.29 bits per heavy atom. The predicted molar refractivity (Wildman–Crippen MR) is 84.7 cm³/mol. The van der Waals surface area contributed by atoms with Gasteiger partial charge in [0.1, 0.15) is 0 Å². The Labute approximate surface area is 131 Å². The highest BCUT2D eigenvalue weighted by Crippen LogP contribution is 2.22. The Morgan fingerprint density at radius 3 is 2.62 bits per heavy atom. The van der Waals surface area contributed by atoms with Crippen LogP contribution in [-0.4, -0.2) is 21.9 Å². The molecule has 1 amide bonds. The number of hydrogen-bond donors (Lipinski definition) is 2. The zero-order chi connectivity index (χ0) is 14.8. The number of halogens is 1. The van der Waals surface area contributed by atoms with Gasteiger partial charge >= 0.3 is 0 Å². The van der Waals surface area contributed by atoms with Crippen LogP contribution in [0.25, 0.3) is 0 Å². The summed E-state index contributed by atoms with van der Waals surface area (Å²) in [6.45, 7) is 2.00. The first-order chi connectivity index (χ1) is 10.1. The minimum absolute atomic E-state index is 0.108. The summed E-state index contributed by atoms with van der Waals surface area (Å²) in [5.41, 5.74) is 2.51. The normalized spacial score (nSPS) is 13.8. The van der Waals surface area contributed by atoms with Crippen molar-refractivity contribution in [2.24, 2.45) is 0 Å². The molecule has 3 rings (SSSR count). The number of anilines is 2. The quantitative estimate of drug-likeness (QED) is 0.892. The second-order valence-electron chi connectivity index (χ2n) is 5.13. The lowest BCUT2D eigenvalue weighted by molar-refractivity contribution is 0.0950. The lowest BCUT2D eigenvalue weighted by Gasteiger charge is -2.09. The van der Waals surface area contributed by atoms with Crippen molar-refractivity contribution in [2.45, 2.75) is 25.8 Å². The van der Waals surface area contributed by atoms with E-state index in [1.165, 1.54) is 0 Å². The molecule has 0 radical (unpaired) electrons. The summed E-state index contributed by atoms with van der Waals surface area (Å²) in [4.78, 5) is 20.2. The Bertz CT molecular complexity index is 668. The van der Waals surface area contributed by atoms with Gasteiger partial charge in [-0.1, -0.05) is 15.9 Å². The second kappa shape index (κ2) is 5.81. The van der Waals surface area contributed by atoms with Gasteiger partial charge in [-0.2, -0.15) is 0 Å². The number of benzene rings is 1. The van der Waals surface area contributed by atoms with Crippen LogP contribution in [0, 0.1) is 6.92 Å². The number of nitrogens with zero attached hydrogens (tertiary/aromatic N) is 2. The average Bonchev–Trinajstić information content (AvgIpc) is 3.26. The molecule has 1 heterocycles. The van der Waals surface area contributed by atoms with E-state index >= 15 is 0 Å². The van der Waals surface area contributed by atoms with Crippen molar-refractivity contribution in [1.82, 2.24) is 15.3 Å². The van der Waals surface area contributed by atoms with Crippen LogP contribution in [0.2, 0.25) is 0 Å². The molecule has 0 aliphatic heterocycles. The fourth-order valence-corrected chi connectivity index (χ4v) is 2.37. The van der Waals surface area contributed by atoms with Crippen molar-refractivity contribution in [1.29, 1.82) is 0 Å². The third kappa shape index (κ3) is 3.58. The molecule has 0 bridgehead atoms. The fourth-order valence-electron chi connectivity index (χ4n) is 1.89. The molecule has 6 heteroatoms. The van der Waals surface area contributed by atoms with Crippen LogP contribution >= 0.6 is 15.9 Å². The summed E-state index contributed by atoms with van der Waals surface area (Å²) >= 11 is 3.43.